The lowest BCUT2D eigenvalue weighted by Gasteiger charge is -2.38. The molecule has 26 heavy (non-hydrogen) atoms. The maximum absolute atomic E-state index is 6.09. The predicted molar refractivity (Wildman–Crippen MR) is 102 cm³/mol. The third kappa shape index (κ3) is 5.34. The van der Waals surface area contributed by atoms with Crippen LogP contribution in [0, 0.1) is 0 Å². The molecule has 2 fully saturated rings. The van der Waals surface area contributed by atoms with Crippen molar-refractivity contribution in [1.82, 2.24) is 14.7 Å². The molecule has 7 nitrogen and oxygen atoms in total. The largest absolute Gasteiger partial charge is 0.475 e. The van der Waals surface area contributed by atoms with E-state index in [-0.39, 0.29) is 6.10 Å². The molecule has 1 aliphatic heterocycles. The van der Waals surface area contributed by atoms with Crippen LogP contribution in [0.25, 0.3) is 0 Å². The molecule has 2 aliphatic rings. The third-order valence-electron chi connectivity index (χ3n) is 5.31. The molecule has 148 valence electrons. The molecule has 0 bridgehead atoms. The van der Waals surface area contributed by atoms with Crippen molar-refractivity contribution >= 4 is 5.69 Å². The summed E-state index contributed by atoms with van der Waals surface area (Å²) in [4.78, 5) is 2.59. The van der Waals surface area contributed by atoms with Crippen LogP contribution in [0.15, 0.2) is 6.20 Å². The van der Waals surface area contributed by atoms with Gasteiger partial charge in [0, 0.05) is 25.6 Å². The molecule has 0 radical (unpaired) electrons. The number of morpholine rings is 1. The molecule has 0 unspecified atom stereocenters. The van der Waals surface area contributed by atoms with Crippen molar-refractivity contribution in [1.29, 1.82) is 0 Å². The summed E-state index contributed by atoms with van der Waals surface area (Å²) in [6.45, 7) is 9.24. The van der Waals surface area contributed by atoms with E-state index in [9.17, 15) is 0 Å². The topological polar surface area (TPSA) is 74.8 Å². The van der Waals surface area contributed by atoms with Crippen LogP contribution in [0.1, 0.15) is 52.0 Å². The highest BCUT2D eigenvalue weighted by Crippen LogP contribution is 2.33. The highest BCUT2D eigenvalue weighted by Gasteiger charge is 2.28. The van der Waals surface area contributed by atoms with Crippen LogP contribution in [-0.4, -0.2) is 66.3 Å². The molecule has 1 saturated carbocycles. The minimum Gasteiger partial charge on any atom is -0.475 e. The lowest BCUT2D eigenvalue weighted by atomic mass is 9.90. The highest BCUT2D eigenvalue weighted by atomic mass is 16.5. The maximum Gasteiger partial charge on any atom is 0.256 e. The van der Waals surface area contributed by atoms with E-state index in [2.05, 4.69) is 10.00 Å². The number of ether oxygens (including phenoxy) is 3. The maximum atomic E-state index is 6.09. The van der Waals surface area contributed by atoms with Gasteiger partial charge in [-0.2, -0.15) is 0 Å². The quantitative estimate of drug-likeness (QED) is 0.713. The molecular formula is C19H34N4O3. The number of nitrogens with two attached hydrogens (primary N) is 1. The molecule has 0 atom stereocenters. The number of anilines is 1. The normalized spacial score (nSPS) is 24.9. The lowest BCUT2D eigenvalue weighted by Crippen LogP contribution is -2.45. The average molecular weight is 367 g/mol. The Kier molecular flexibility index (Phi) is 7.16. The summed E-state index contributed by atoms with van der Waals surface area (Å²) in [5, 5.41) is 4.60. The van der Waals surface area contributed by atoms with Gasteiger partial charge in [0.15, 0.2) is 0 Å². The van der Waals surface area contributed by atoms with Crippen molar-refractivity contribution in [3.05, 3.63) is 6.20 Å². The van der Waals surface area contributed by atoms with E-state index in [1.165, 1.54) is 12.8 Å². The zero-order valence-corrected chi connectivity index (χ0v) is 16.2. The van der Waals surface area contributed by atoms with Crippen LogP contribution in [-0.2, 0) is 9.47 Å². The lowest BCUT2D eigenvalue weighted by molar-refractivity contribution is 0.00502. The fraction of sp³-hybridized carbons (Fsp3) is 0.842. The first-order chi connectivity index (χ1) is 12.6. The summed E-state index contributed by atoms with van der Waals surface area (Å²) < 4.78 is 18.8. The van der Waals surface area contributed by atoms with Gasteiger partial charge in [0.1, 0.15) is 5.69 Å². The fourth-order valence-electron chi connectivity index (χ4n) is 3.87. The van der Waals surface area contributed by atoms with Gasteiger partial charge in [-0.05, 0) is 39.5 Å². The zero-order chi connectivity index (χ0) is 18.4. The first kappa shape index (κ1) is 19.5. The second-order valence-electron chi connectivity index (χ2n) is 7.60. The van der Waals surface area contributed by atoms with Crippen molar-refractivity contribution in [2.24, 2.45) is 0 Å². The number of hydrogen-bond donors (Lipinski definition) is 1. The second kappa shape index (κ2) is 9.58. The monoisotopic (exact) mass is 366 g/mol. The third-order valence-corrected chi connectivity index (χ3v) is 5.31. The number of rotatable bonds is 8. The summed E-state index contributed by atoms with van der Waals surface area (Å²) in [6.07, 6.45) is 7.75. The molecular weight excluding hydrogens is 332 g/mol. The summed E-state index contributed by atoms with van der Waals surface area (Å²) in [5.74, 6) is 0.560. The van der Waals surface area contributed by atoms with E-state index in [1.54, 1.807) is 0 Å². The van der Waals surface area contributed by atoms with E-state index in [0.717, 1.165) is 45.6 Å². The van der Waals surface area contributed by atoms with Gasteiger partial charge in [-0.15, -0.1) is 5.10 Å². The van der Waals surface area contributed by atoms with Crippen LogP contribution in [0.3, 0.4) is 0 Å². The molecule has 2 N–H and O–H groups in total. The van der Waals surface area contributed by atoms with Crippen molar-refractivity contribution in [2.75, 3.05) is 45.3 Å². The molecule has 7 heteroatoms. The van der Waals surface area contributed by atoms with Crippen molar-refractivity contribution < 1.29 is 14.2 Å². The highest BCUT2D eigenvalue weighted by molar-refractivity contribution is 5.46. The van der Waals surface area contributed by atoms with E-state index in [1.807, 2.05) is 24.7 Å². The van der Waals surface area contributed by atoms with Crippen LogP contribution in [0.2, 0.25) is 0 Å². The Bertz CT molecular complexity index is 535. The fourth-order valence-corrected chi connectivity index (χ4v) is 3.87. The second-order valence-corrected chi connectivity index (χ2v) is 7.60. The summed E-state index contributed by atoms with van der Waals surface area (Å²) in [6, 6.07) is 1.12. The van der Waals surface area contributed by atoms with E-state index < -0.39 is 0 Å². The van der Waals surface area contributed by atoms with E-state index in [0.29, 0.717) is 36.9 Å². The number of nitrogens with zero attached hydrogens (tertiary/aromatic N) is 3. The molecule has 3 rings (SSSR count). The van der Waals surface area contributed by atoms with Gasteiger partial charge in [0.05, 0.1) is 44.8 Å². The van der Waals surface area contributed by atoms with Crippen molar-refractivity contribution in [2.45, 2.75) is 64.1 Å². The molecule has 0 spiro atoms. The molecule has 0 amide bonds. The van der Waals surface area contributed by atoms with Gasteiger partial charge < -0.3 is 19.9 Å². The van der Waals surface area contributed by atoms with E-state index >= 15 is 0 Å². The van der Waals surface area contributed by atoms with Crippen LogP contribution in [0.5, 0.6) is 5.88 Å². The van der Waals surface area contributed by atoms with Gasteiger partial charge in [-0.25, -0.2) is 0 Å². The Morgan fingerprint density at radius 3 is 2.54 bits per heavy atom. The Hall–Kier alpha value is -1.31. The van der Waals surface area contributed by atoms with Crippen LogP contribution in [0.4, 0.5) is 5.69 Å². The molecule has 1 aromatic heterocycles. The van der Waals surface area contributed by atoms with Crippen LogP contribution < -0.4 is 10.5 Å². The first-order valence-electron chi connectivity index (χ1n) is 10.0. The van der Waals surface area contributed by atoms with Gasteiger partial charge in [0.2, 0.25) is 0 Å². The number of aromatic nitrogens is 2. The standard InChI is InChI=1S/C19H34N4O3/c1-15(2)25-10-3-11-26-19-18(20)14-23(21-19)17-6-4-16(5-7-17)22-8-12-24-13-9-22/h14-17H,3-13,20H2,1-2H3/t16-,17-. The molecule has 1 aromatic rings. The van der Waals surface area contributed by atoms with Gasteiger partial charge in [-0.1, -0.05) is 0 Å². The Morgan fingerprint density at radius 2 is 1.85 bits per heavy atom. The van der Waals surface area contributed by atoms with Crippen molar-refractivity contribution in [3.63, 3.8) is 0 Å². The Morgan fingerprint density at radius 1 is 1.15 bits per heavy atom. The minimum atomic E-state index is 0.256. The number of hydrogen-bond acceptors (Lipinski definition) is 6. The molecule has 2 heterocycles. The van der Waals surface area contributed by atoms with Gasteiger partial charge >= 0.3 is 0 Å². The smallest absolute Gasteiger partial charge is 0.256 e. The van der Waals surface area contributed by atoms with Crippen LogP contribution >= 0.6 is 0 Å². The van der Waals surface area contributed by atoms with Gasteiger partial charge in [0.25, 0.3) is 5.88 Å². The molecule has 1 aliphatic carbocycles. The number of nitrogen functional groups attached to an aromatic ring is 1. The molecule has 0 aromatic carbocycles. The summed E-state index contributed by atoms with van der Waals surface area (Å²) in [5.41, 5.74) is 6.72. The average Bonchev–Trinajstić information content (AvgIpc) is 3.03. The Labute approximate surface area is 156 Å². The molecule has 1 saturated heterocycles. The summed E-state index contributed by atoms with van der Waals surface area (Å²) in [7, 11) is 0. The van der Waals surface area contributed by atoms with Crippen molar-refractivity contribution in [3.8, 4) is 5.88 Å². The minimum absolute atomic E-state index is 0.256. The predicted octanol–water partition coefficient (Wildman–Crippen LogP) is 2.48. The first-order valence-corrected chi connectivity index (χ1v) is 10.0. The zero-order valence-electron chi connectivity index (χ0n) is 16.2. The SMILES string of the molecule is CC(C)OCCCOc1nn([C@H]2CC[C@H](N3CCOCC3)CC2)cc1N. The Balaban J connectivity index is 1.43. The van der Waals surface area contributed by atoms with E-state index in [4.69, 9.17) is 19.9 Å². The van der Waals surface area contributed by atoms with Gasteiger partial charge in [-0.3, -0.25) is 9.58 Å². The summed E-state index contributed by atoms with van der Waals surface area (Å²) >= 11 is 0.